The maximum absolute atomic E-state index is 13.7. The Morgan fingerprint density at radius 1 is 1.17 bits per heavy atom. The summed E-state index contributed by atoms with van der Waals surface area (Å²) in [6.45, 7) is 1.84. The van der Waals surface area contributed by atoms with Crippen molar-refractivity contribution in [3.05, 3.63) is 64.7 Å². The van der Waals surface area contributed by atoms with E-state index in [0.29, 0.717) is 16.7 Å². The molecule has 194 valence electrons. The standard InChI is InChI=1S/C24H27F2N3O6S/c1-15(2)17-7-5-6-8-18(17)24(13-29(14-24)36(32,33)12-11-20(30)34-4)22(31)28-19-10-9-16(3)27-21(19)35-23(25)26/h5-12,15,23H,13-14H2,1-4H3,(H,28,31)/b12-11+. The molecule has 1 aliphatic rings. The fourth-order valence-corrected chi connectivity index (χ4v) is 5.20. The lowest BCUT2D eigenvalue weighted by Gasteiger charge is -2.48. The zero-order valence-corrected chi connectivity index (χ0v) is 21.0. The Balaban J connectivity index is 2.01. The van der Waals surface area contributed by atoms with Crippen molar-refractivity contribution in [3.8, 4) is 5.88 Å². The van der Waals surface area contributed by atoms with E-state index in [-0.39, 0.29) is 24.7 Å². The van der Waals surface area contributed by atoms with Gasteiger partial charge in [0, 0.05) is 24.9 Å². The fraction of sp³-hybridized carbons (Fsp3) is 0.375. The highest BCUT2D eigenvalue weighted by Crippen LogP contribution is 2.42. The number of hydrogen-bond donors (Lipinski definition) is 1. The number of esters is 1. The van der Waals surface area contributed by atoms with Gasteiger partial charge in [-0.05, 0) is 36.1 Å². The molecule has 3 rings (SSSR count). The normalized spacial score (nSPS) is 15.7. The molecule has 36 heavy (non-hydrogen) atoms. The van der Waals surface area contributed by atoms with Crippen LogP contribution in [0.1, 0.15) is 36.6 Å². The van der Waals surface area contributed by atoms with Gasteiger partial charge in [0.15, 0.2) is 0 Å². The summed E-state index contributed by atoms with van der Waals surface area (Å²) in [6.07, 6.45) is 0.781. The number of carbonyl (C=O) groups excluding carboxylic acids is 2. The highest BCUT2D eigenvalue weighted by Gasteiger charge is 2.55. The fourth-order valence-electron chi connectivity index (χ4n) is 3.95. The van der Waals surface area contributed by atoms with E-state index in [1.807, 2.05) is 26.0 Å². The number of ether oxygens (including phenoxy) is 2. The average molecular weight is 524 g/mol. The summed E-state index contributed by atoms with van der Waals surface area (Å²) in [5.74, 6) is -1.89. The number of rotatable bonds is 9. The van der Waals surface area contributed by atoms with Gasteiger partial charge in [-0.1, -0.05) is 38.1 Å². The molecule has 2 aromatic rings. The number of aromatic nitrogens is 1. The van der Waals surface area contributed by atoms with Crippen LogP contribution < -0.4 is 10.1 Å². The maximum Gasteiger partial charge on any atom is 0.388 e. The summed E-state index contributed by atoms with van der Waals surface area (Å²) in [5.41, 5.74) is 0.444. The predicted molar refractivity (Wildman–Crippen MR) is 128 cm³/mol. The lowest BCUT2D eigenvalue weighted by Crippen LogP contribution is -2.66. The van der Waals surface area contributed by atoms with Crippen molar-refractivity contribution in [2.24, 2.45) is 0 Å². The van der Waals surface area contributed by atoms with Crippen LogP contribution in [-0.4, -0.2) is 56.4 Å². The van der Waals surface area contributed by atoms with E-state index in [9.17, 15) is 26.8 Å². The summed E-state index contributed by atoms with van der Waals surface area (Å²) in [6, 6.07) is 10.1. The average Bonchev–Trinajstić information content (AvgIpc) is 2.78. The zero-order chi connectivity index (χ0) is 26.7. The van der Waals surface area contributed by atoms with Crippen molar-refractivity contribution in [1.29, 1.82) is 0 Å². The molecule has 0 atom stereocenters. The summed E-state index contributed by atoms with van der Waals surface area (Å²) in [5, 5.41) is 3.32. The van der Waals surface area contributed by atoms with Gasteiger partial charge < -0.3 is 14.8 Å². The second-order valence-corrected chi connectivity index (χ2v) is 10.4. The van der Waals surface area contributed by atoms with Crippen LogP contribution in [0.4, 0.5) is 14.5 Å². The van der Waals surface area contributed by atoms with Crippen molar-refractivity contribution >= 4 is 27.6 Å². The van der Waals surface area contributed by atoms with Gasteiger partial charge >= 0.3 is 12.6 Å². The predicted octanol–water partition coefficient (Wildman–Crippen LogP) is 3.32. The third kappa shape index (κ3) is 5.71. The minimum absolute atomic E-state index is 0.00882. The minimum Gasteiger partial charge on any atom is -0.466 e. The number of halogens is 2. The first-order valence-corrected chi connectivity index (χ1v) is 12.5. The highest BCUT2D eigenvalue weighted by molar-refractivity contribution is 7.92. The van der Waals surface area contributed by atoms with Gasteiger partial charge in [-0.2, -0.15) is 13.1 Å². The molecule has 1 amide bonds. The molecule has 0 aliphatic carbocycles. The Bertz CT molecular complexity index is 1270. The van der Waals surface area contributed by atoms with Crippen LogP contribution in [0.3, 0.4) is 0 Å². The van der Waals surface area contributed by atoms with Crippen LogP contribution in [-0.2, 0) is 29.8 Å². The van der Waals surface area contributed by atoms with E-state index in [1.165, 1.54) is 12.1 Å². The summed E-state index contributed by atoms with van der Waals surface area (Å²) >= 11 is 0. The molecular weight excluding hydrogens is 496 g/mol. The van der Waals surface area contributed by atoms with E-state index in [4.69, 9.17) is 0 Å². The number of benzene rings is 1. The second kappa shape index (κ2) is 10.7. The number of aryl methyl sites for hydroxylation is 1. The number of methoxy groups -OCH3 is 1. The van der Waals surface area contributed by atoms with Gasteiger partial charge in [-0.3, -0.25) is 4.79 Å². The Morgan fingerprint density at radius 2 is 1.83 bits per heavy atom. The molecular formula is C24H27F2N3O6S. The number of anilines is 1. The number of nitrogens with one attached hydrogen (secondary N) is 1. The number of hydrogen-bond acceptors (Lipinski definition) is 7. The Labute approximate surface area is 208 Å². The highest BCUT2D eigenvalue weighted by atomic mass is 32.2. The lowest BCUT2D eigenvalue weighted by molar-refractivity contribution is -0.134. The second-order valence-electron chi connectivity index (χ2n) is 8.60. The van der Waals surface area contributed by atoms with Crippen LogP contribution in [0.5, 0.6) is 5.88 Å². The van der Waals surface area contributed by atoms with Crippen LogP contribution >= 0.6 is 0 Å². The SMILES string of the molecule is COC(=O)/C=C/S(=O)(=O)N1CC(C(=O)Nc2ccc(C)nc2OC(F)F)(c2ccccc2C(C)C)C1. The number of pyridine rings is 1. The smallest absolute Gasteiger partial charge is 0.388 e. The molecule has 0 spiro atoms. The molecule has 1 saturated heterocycles. The van der Waals surface area contributed by atoms with E-state index < -0.39 is 39.8 Å². The van der Waals surface area contributed by atoms with Crippen molar-refractivity contribution < 1.29 is 36.3 Å². The van der Waals surface area contributed by atoms with E-state index in [2.05, 4.69) is 19.8 Å². The lowest BCUT2D eigenvalue weighted by atomic mass is 9.71. The first-order valence-electron chi connectivity index (χ1n) is 11.0. The van der Waals surface area contributed by atoms with E-state index >= 15 is 0 Å². The molecule has 9 nitrogen and oxygen atoms in total. The molecule has 0 bridgehead atoms. The summed E-state index contributed by atoms with van der Waals surface area (Å²) in [4.78, 5) is 29.0. The van der Waals surface area contributed by atoms with Gasteiger partial charge in [0.2, 0.25) is 21.8 Å². The van der Waals surface area contributed by atoms with Crippen molar-refractivity contribution in [2.45, 2.75) is 38.7 Å². The Morgan fingerprint density at radius 3 is 2.44 bits per heavy atom. The molecule has 2 heterocycles. The number of amides is 1. The Kier molecular flexibility index (Phi) is 8.09. The van der Waals surface area contributed by atoms with Crippen molar-refractivity contribution in [2.75, 3.05) is 25.5 Å². The monoisotopic (exact) mass is 523 g/mol. The molecule has 1 aromatic carbocycles. The topological polar surface area (TPSA) is 115 Å². The number of alkyl halides is 2. The molecule has 12 heteroatoms. The minimum atomic E-state index is -4.04. The zero-order valence-electron chi connectivity index (χ0n) is 20.2. The van der Waals surface area contributed by atoms with Crippen LogP contribution in [0.2, 0.25) is 0 Å². The maximum atomic E-state index is 13.7. The first kappa shape index (κ1) is 27.2. The van der Waals surface area contributed by atoms with Gasteiger partial charge in [0.1, 0.15) is 11.1 Å². The van der Waals surface area contributed by atoms with Crippen LogP contribution in [0, 0.1) is 6.92 Å². The van der Waals surface area contributed by atoms with E-state index in [0.717, 1.165) is 23.1 Å². The summed E-state index contributed by atoms with van der Waals surface area (Å²) < 4.78 is 61.3. The van der Waals surface area contributed by atoms with Gasteiger partial charge in [0.25, 0.3) is 0 Å². The molecule has 1 aromatic heterocycles. The van der Waals surface area contributed by atoms with Gasteiger partial charge in [-0.25, -0.2) is 18.2 Å². The molecule has 1 aliphatic heterocycles. The van der Waals surface area contributed by atoms with Gasteiger partial charge in [-0.15, -0.1) is 0 Å². The molecule has 0 unspecified atom stereocenters. The third-order valence-electron chi connectivity index (χ3n) is 5.81. The number of sulfonamides is 1. The van der Waals surface area contributed by atoms with Crippen molar-refractivity contribution in [3.63, 3.8) is 0 Å². The van der Waals surface area contributed by atoms with Crippen LogP contribution in [0.15, 0.2) is 47.9 Å². The molecule has 0 radical (unpaired) electrons. The van der Waals surface area contributed by atoms with E-state index in [1.54, 1.807) is 19.1 Å². The number of nitrogens with zero attached hydrogens (tertiary/aromatic N) is 2. The molecule has 1 fully saturated rings. The largest absolute Gasteiger partial charge is 0.466 e. The molecule has 1 N–H and O–H groups in total. The van der Waals surface area contributed by atoms with Crippen LogP contribution in [0.25, 0.3) is 0 Å². The van der Waals surface area contributed by atoms with Gasteiger partial charge in [0.05, 0.1) is 12.5 Å². The summed E-state index contributed by atoms with van der Waals surface area (Å²) in [7, 11) is -2.92. The van der Waals surface area contributed by atoms with Crippen molar-refractivity contribution in [1.82, 2.24) is 9.29 Å². The third-order valence-corrected chi connectivity index (χ3v) is 7.27. The Hall–Kier alpha value is -3.38. The first-order chi connectivity index (χ1) is 16.9. The number of carbonyl (C=O) groups is 2. The quantitative estimate of drug-likeness (QED) is 0.396. The molecule has 0 saturated carbocycles.